The van der Waals surface area contributed by atoms with E-state index in [4.69, 9.17) is 0 Å². The minimum Gasteiger partial charge on any atom is -0.286 e. The van der Waals surface area contributed by atoms with Gasteiger partial charge in [-0.05, 0) is 31.4 Å². The van der Waals surface area contributed by atoms with Crippen molar-refractivity contribution in [3.05, 3.63) is 39.9 Å². The van der Waals surface area contributed by atoms with Crippen LogP contribution in [-0.2, 0) is 6.54 Å². The van der Waals surface area contributed by atoms with Crippen LogP contribution in [0.2, 0.25) is 0 Å². The Balaban J connectivity index is 1.85. The molecule has 2 aliphatic rings. The van der Waals surface area contributed by atoms with Gasteiger partial charge < -0.3 is 0 Å². The van der Waals surface area contributed by atoms with Crippen molar-refractivity contribution in [2.45, 2.75) is 36.9 Å². The molecule has 0 aromatic carbocycles. The highest BCUT2D eigenvalue weighted by atomic mass is 32.2. The monoisotopic (exact) mass is 310 g/mol. The zero-order valence-corrected chi connectivity index (χ0v) is 12.8. The van der Waals surface area contributed by atoms with Gasteiger partial charge in [-0.15, -0.1) is 0 Å². The second kappa shape index (κ2) is 5.25. The smallest absolute Gasteiger partial charge is 0.272 e. The predicted molar refractivity (Wildman–Crippen MR) is 83.8 cm³/mol. The Morgan fingerprint density at radius 2 is 2.23 bits per heavy atom. The molecule has 0 amide bonds. The fraction of sp³-hybridized carbons (Fsp3) is 0.375. The van der Waals surface area contributed by atoms with Gasteiger partial charge in [-0.2, -0.15) is 5.26 Å². The molecule has 0 atom stereocenters. The molecular weight excluding hydrogens is 296 g/mol. The summed E-state index contributed by atoms with van der Waals surface area (Å²) in [5.74, 6) is 1.54. The summed E-state index contributed by atoms with van der Waals surface area (Å²) in [6, 6.07) is 5.94. The van der Waals surface area contributed by atoms with E-state index in [1.807, 2.05) is 18.2 Å². The third-order valence-electron chi connectivity index (χ3n) is 4.06. The average Bonchev–Trinajstić information content (AvgIpc) is 3.40. The van der Waals surface area contributed by atoms with Crippen molar-refractivity contribution in [1.82, 2.24) is 14.5 Å². The Bertz CT molecular complexity index is 831. The summed E-state index contributed by atoms with van der Waals surface area (Å²) < 4.78 is 1.61. The van der Waals surface area contributed by atoms with Crippen LogP contribution in [0.25, 0.3) is 11.3 Å². The third-order valence-corrected chi connectivity index (χ3v) is 5.12. The van der Waals surface area contributed by atoms with Gasteiger partial charge in [-0.3, -0.25) is 14.3 Å². The van der Waals surface area contributed by atoms with Gasteiger partial charge in [0.2, 0.25) is 0 Å². The van der Waals surface area contributed by atoms with Crippen molar-refractivity contribution >= 4 is 11.8 Å². The van der Waals surface area contributed by atoms with E-state index >= 15 is 0 Å². The molecule has 0 bridgehead atoms. The van der Waals surface area contributed by atoms with Crippen LogP contribution in [0.1, 0.15) is 36.4 Å². The van der Waals surface area contributed by atoms with Gasteiger partial charge >= 0.3 is 0 Å². The quantitative estimate of drug-likeness (QED) is 0.797. The molecule has 4 rings (SSSR count). The topological polar surface area (TPSA) is 71.6 Å². The highest BCUT2D eigenvalue weighted by Gasteiger charge is 2.25. The number of thioether (sulfide) groups is 1. The molecule has 3 heterocycles. The van der Waals surface area contributed by atoms with Crippen LogP contribution in [-0.4, -0.2) is 20.3 Å². The van der Waals surface area contributed by atoms with E-state index in [0.717, 1.165) is 23.4 Å². The van der Waals surface area contributed by atoms with Crippen LogP contribution >= 0.6 is 11.8 Å². The first-order valence-corrected chi connectivity index (χ1v) is 8.40. The lowest BCUT2D eigenvalue weighted by molar-refractivity contribution is 0.562. The third kappa shape index (κ3) is 2.22. The van der Waals surface area contributed by atoms with E-state index < -0.39 is 0 Å². The highest BCUT2D eigenvalue weighted by Crippen LogP contribution is 2.39. The number of hydrogen-bond donors (Lipinski definition) is 0. The molecule has 0 saturated heterocycles. The van der Waals surface area contributed by atoms with Crippen LogP contribution in [0.4, 0.5) is 0 Å². The van der Waals surface area contributed by atoms with Crippen LogP contribution in [0.3, 0.4) is 0 Å². The Kier molecular flexibility index (Phi) is 3.23. The molecule has 2 aromatic rings. The summed E-state index contributed by atoms with van der Waals surface area (Å²) in [7, 11) is 0. The van der Waals surface area contributed by atoms with Gasteiger partial charge in [0.05, 0.1) is 5.69 Å². The van der Waals surface area contributed by atoms with E-state index in [1.165, 1.54) is 12.8 Å². The van der Waals surface area contributed by atoms with Crippen molar-refractivity contribution in [2.75, 3.05) is 5.75 Å². The maximum absolute atomic E-state index is 12.5. The standard InChI is InChI=1S/C16H14N4OS/c17-8-12-14(11-4-5-13(18-9-11)10-2-3-10)19-16-20(15(12)21)6-1-7-22-16/h4-5,9-10H,1-3,6-7H2. The number of nitrogens with zero attached hydrogens (tertiary/aromatic N) is 4. The molecule has 1 fully saturated rings. The summed E-state index contributed by atoms with van der Waals surface area (Å²) >= 11 is 1.57. The van der Waals surface area contributed by atoms with Gasteiger partial charge in [0.25, 0.3) is 5.56 Å². The van der Waals surface area contributed by atoms with Crippen molar-refractivity contribution < 1.29 is 0 Å². The van der Waals surface area contributed by atoms with Crippen LogP contribution < -0.4 is 5.56 Å². The van der Waals surface area contributed by atoms with E-state index in [0.29, 0.717) is 23.3 Å². The van der Waals surface area contributed by atoms with Crippen molar-refractivity contribution in [1.29, 1.82) is 5.26 Å². The number of pyridine rings is 1. The number of aromatic nitrogens is 3. The maximum Gasteiger partial charge on any atom is 0.272 e. The lowest BCUT2D eigenvalue weighted by Gasteiger charge is -2.18. The van der Waals surface area contributed by atoms with Crippen LogP contribution in [0.5, 0.6) is 0 Å². The summed E-state index contributed by atoms with van der Waals surface area (Å²) in [6.07, 6.45) is 5.07. The summed E-state index contributed by atoms with van der Waals surface area (Å²) in [5, 5.41) is 10.1. The molecule has 0 spiro atoms. The molecule has 0 unspecified atom stereocenters. The predicted octanol–water partition coefficient (Wildman–Crippen LogP) is 2.55. The van der Waals surface area contributed by atoms with Gasteiger partial charge in [0.1, 0.15) is 11.6 Å². The molecule has 1 aliphatic carbocycles. The SMILES string of the molecule is N#Cc1c(-c2ccc(C3CC3)nc2)nc2n(c1=O)CCCS2. The van der Waals surface area contributed by atoms with Gasteiger partial charge in [0.15, 0.2) is 5.16 Å². The minimum absolute atomic E-state index is 0.118. The summed E-state index contributed by atoms with van der Waals surface area (Å²) in [6.45, 7) is 0.641. The largest absolute Gasteiger partial charge is 0.286 e. The minimum atomic E-state index is -0.235. The summed E-state index contributed by atoms with van der Waals surface area (Å²) in [4.78, 5) is 21.5. The van der Waals surface area contributed by atoms with Crippen molar-refractivity contribution in [3.63, 3.8) is 0 Å². The normalized spacial score (nSPS) is 16.9. The van der Waals surface area contributed by atoms with Gasteiger partial charge in [0, 0.05) is 35.7 Å². The molecule has 5 nitrogen and oxygen atoms in total. The Morgan fingerprint density at radius 3 is 2.91 bits per heavy atom. The Labute approximate surface area is 132 Å². The second-order valence-electron chi connectivity index (χ2n) is 5.63. The molecule has 0 radical (unpaired) electrons. The first-order chi connectivity index (χ1) is 10.8. The molecule has 1 saturated carbocycles. The summed E-state index contributed by atoms with van der Waals surface area (Å²) in [5.41, 5.74) is 2.18. The van der Waals surface area contributed by atoms with Crippen LogP contribution in [0.15, 0.2) is 28.3 Å². The number of nitriles is 1. The highest BCUT2D eigenvalue weighted by molar-refractivity contribution is 7.99. The fourth-order valence-electron chi connectivity index (χ4n) is 2.70. The lowest BCUT2D eigenvalue weighted by Crippen LogP contribution is -2.28. The van der Waals surface area contributed by atoms with Crippen LogP contribution in [0, 0.1) is 11.3 Å². The van der Waals surface area contributed by atoms with Crippen molar-refractivity contribution in [2.24, 2.45) is 0 Å². The Morgan fingerprint density at radius 1 is 1.36 bits per heavy atom. The number of fused-ring (bicyclic) bond motifs is 1. The second-order valence-corrected chi connectivity index (χ2v) is 6.70. The zero-order valence-electron chi connectivity index (χ0n) is 12.0. The van der Waals surface area contributed by atoms with Gasteiger partial charge in [-0.1, -0.05) is 11.8 Å². The average molecular weight is 310 g/mol. The number of rotatable bonds is 2. The first kappa shape index (κ1) is 13.5. The van der Waals surface area contributed by atoms with E-state index in [9.17, 15) is 10.1 Å². The molecule has 2 aromatic heterocycles. The maximum atomic E-state index is 12.5. The lowest BCUT2D eigenvalue weighted by atomic mass is 10.1. The number of hydrogen-bond acceptors (Lipinski definition) is 5. The molecule has 110 valence electrons. The van der Waals surface area contributed by atoms with E-state index in [2.05, 4.69) is 9.97 Å². The van der Waals surface area contributed by atoms with E-state index in [1.54, 1.807) is 22.5 Å². The van der Waals surface area contributed by atoms with E-state index in [-0.39, 0.29) is 11.1 Å². The molecule has 22 heavy (non-hydrogen) atoms. The molecule has 0 N–H and O–H groups in total. The fourth-order valence-corrected chi connectivity index (χ4v) is 3.65. The molecular formula is C16H14N4OS. The Hall–Kier alpha value is -2.13. The molecule has 6 heteroatoms. The van der Waals surface area contributed by atoms with Gasteiger partial charge in [-0.25, -0.2) is 4.98 Å². The molecule has 1 aliphatic heterocycles. The zero-order chi connectivity index (χ0) is 15.1. The first-order valence-electron chi connectivity index (χ1n) is 7.42. The van der Waals surface area contributed by atoms with Crippen molar-refractivity contribution in [3.8, 4) is 17.3 Å².